The van der Waals surface area contributed by atoms with Crippen LogP contribution in [-0.2, 0) is 58.1 Å². The summed E-state index contributed by atoms with van der Waals surface area (Å²) in [6.07, 6.45) is 5.57. The number of ether oxygens (including phenoxy) is 2. The lowest BCUT2D eigenvalue weighted by Crippen LogP contribution is -2.47. The standard InChI is InChI=1S/2C24H30N8O3/c2*1-29-21-15-19(7-9-30-11-13-35-14-12-30)27-32(21)10-8-20(24(29)34)26-23(33)22-25-17-31(28-22)16-18-5-3-2-4-6-18/h2*2-6,15,17,20H,7-14,16H2,1H3,(H,26,33)/t2*20-/m10/s1. The average Bonchev–Trinajstić information content (AvgIpc) is 4.22. The number of nitrogens with one attached hydrogen (secondary N) is 2. The lowest BCUT2D eigenvalue weighted by molar-refractivity contribution is -0.120. The van der Waals surface area contributed by atoms with Crippen molar-refractivity contribution in [1.82, 2.24) is 69.5 Å². The van der Waals surface area contributed by atoms with E-state index in [1.807, 2.05) is 82.2 Å². The highest BCUT2D eigenvalue weighted by Gasteiger charge is 2.33. The number of amides is 4. The van der Waals surface area contributed by atoms with Crippen LogP contribution in [0.2, 0.25) is 0 Å². The minimum atomic E-state index is -0.674. The van der Waals surface area contributed by atoms with E-state index < -0.39 is 23.9 Å². The van der Waals surface area contributed by atoms with Gasteiger partial charge in [-0.15, -0.1) is 10.2 Å². The van der Waals surface area contributed by atoms with Gasteiger partial charge in [-0.05, 0) is 24.0 Å². The summed E-state index contributed by atoms with van der Waals surface area (Å²) in [5.41, 5.74) is 4.04. The highest BCUT2D eigenvalue weighted by atomic mass is 16.5. The zero-order chi connectivity index (χ0) is 48.4. The Morgan fingerprint density at radius 1 is 0.571 bits per heavy atom. The molecule has 2 fully saturated rings. The molecule has 8 heterocycles. The van der Waals surface area contributed by atoms with E-state index in [0.29, 0.717) is 39.0 Å². The van der Waals surface area contributed by atoms with Crippen LogP contribution in [0.3, 0.4) is 0 Å². The summed E-state index contributed by atoms with van der Waals surface area (Å²) < 4.78 is 17.7. The van der Waals surface area contributed by atoms with Crippen molar-refractivity contribution in [2.45, 2.75) is 63.9 Å². The first-order chi connectivity index (χ1) is 34.1. The molecule has 4 aliphatic heterocycles. The van der Waals surface area contributed by atoms with Crippen LogP contribution in [0.4, 0.5) is 11.6 Å². The van der Waals surface area contributed by atoms with Gasteiger partial charge in [0.05, 0.1) is 50.9 Å². The highest BCUT2D eigenvalue weighted by molar-refractivity contribution is 6.01. The van der Waals surface area contributed by atoms with E-state index in [-0.39, 0.29) is 23.5 Å². The quantitative estimate of drug-likeness (QED) is 0.156. The lowest BCUT2D eigenvalue weighted by Gasteiger charge is -2.26. The Balaban J connectivity index is 0.000000174. The molecule has 6 aromatic rings. The topological polar surface area (TPSA) is 221 Å². The molecule has 368 valence electrons. The number of hydrogen-bond acceptors (Lipinski definition) is 14. The number of benzene rings is 2. The molecule has 2 aromatic carbocycles. The fourth-order valence-corrected chi connectivity index (χ4v) is 8.87. The molecule has 22 nitrogen and oxygen atoms in total. The van der Waals surface area contributed by atoms with Gasteiger partial charge >= 0.3 is 0 Å². The maximum absolute atomic E-state index is 13.1. The van der Waals surface area contributed by atoms with Gasteiger partial charge in [-0.2, -0.15) is 10.2 Å². The molecule has 0 spiro atoms. The second-order valence-electron chi connectivity index (χ2n) is 17.8. The number of hydrogen-bond donors (Lipinski definition) is 2. The molecule has 2 N–H and O–H groups in total. The molecule has 0 aliphatic carbocycles. The second kappa shape index (κ2) is 22.5. The van der Waals surface area contributed by atoms with Crippen LogP contribution in [0.5, 0.6) is 0 Å². The van der Waals surface area contributed by atoms with Crippen LogP contribution < -0.4 is 20.4 Å². The molecule has 2 saturated heterocycles. The number of nitrogens with zero attached hydrogens (tertiary/aromatic N) is 14. The third-order valence-electron chi connectivity index (χ3n) is 12.9. The number of carbonyl (C=O) groups excluding carboxylic acids is 4. The van der Waals surface area contributed by atoms with E-state index in [0.717, 1.165) is 113 Å². The van der Waals surface area contributed by atoms with E-state index in [9.17, 15) is 19.2 Å². The minimum Gasteiger partial charge on any atom is -0.379 e. The largest absolute Gasteiger partial charge is 0.379 e. The third kappa shape index (κ3) is 12.0. The number of aryl methyl sites for hydroxylation is 2. The number of fused-ring (bicyclic) bond motifs is 2. The number of rotatable bonds is 14. The van der Waals surface area contributed by atoms with Crippen molar-refractivity contribution in [2.24, 2.45) is 0 Å². The fourth-order valence-electron chi connectivity index (χ4n) is 8.87. The minimum absolute atomic E-state index is 0.0452. The third-order valence-corrected chi connectivity index (χ3v) is 12.9. The lowest BCUT2D eigenvalue weighted by atomic mass is 10.2. The van der Waals surface area contributed by atoms with E-state index >= 15 is 0 Å². The Morgan fingerprint density at radius 3 is 1.37 bits per heavy atom. The van der Waals surface area contributed by atoms with Gasteiger partial charge in [0.2, 0.25) is 11.6 Å². The van der Waals surface area contributed by atoms with Crippen LogP contribution in [-0.4, -0.2) is 174 Å². The Kier molecular flexibility index (Phi) is 15.4. The number of carbonyl (C=O) groups is 4. The van der Waals surface area contributed by atoms with Gasteiger partial charge in [0.15, 0.2) is 0 Å². The van der Waals surface area contributed by atoms with Crippen molar-refractivity contribution in [2.75, 3.05) is 89.6 Å². The van der Waals surface area contributed by atoms with Gasteiger partial charge in [-0.25, -0.2) is 28.7 Å². The summed E-state index contributed by atoms with van der Waals surface area (Å²) in [5.74, 6) is 0.292. The van der Waals surface area contributed by atoms with Gasteiger partial charge in [-0.1, -0.05) is 60.7 Å². The molecular weight excluding hydrogens is 897 g/mol. The number of likely N-dealkylation sites (N-methyl/N-ethyl adjacent to an activating group) is 2. The second-order valence-corrected chi connectivity index (χ2v) is 17.8. The molecule has 10 rings (SSSR count). The van der Waals surface area contributed by atoms with Crippen LogP contribution in [0, 0.1) is 0 Å². The van der Waals surface area contributed by atoms with Crippen LogP contribution in [0.1, 0.15) is 56.6 Å². The molecule has 0 bridgehead atoms. The average molecular weight is 957 g/mol. The maximum Gasteiger partial charge on any atom is 0.291 e. The number of anilines is 2. The molecule has 4 aliphatic rings. The Labute approximate surface area is 405 Å². The first-order valence-corrected chi connectivity index (χ1v) is 23.9. The van der Waals surface area contributed by atoms with Gasteiger partial charge in [0.1, 0.15) is 36.4 Å². The van der Waals surface area contributed by atoms with Crippen LogP contribution >= 0.6 is 0 Å². The summed E-state index contributed by atoms with van der Waals surface area (Å²) in [6.45, 7) is 10.8. The molecule has 4 aromatic heterocycles. The van der Waals surface area contributed by atoms with Gasteiger partial charge in [-0.3, -0.25) is 38.8 Å². The normalized spacial score (nSPS) is 18.8. The number of aromatic nitrogens is 10. The maximum atomic E-state index is 13.1. The summed E-state index contributed by atoms with van der Waals surface area (Å²) in [6, 6.07) is 22.2. The van der Waals surface area contributed by atoms with E-state index in [1.54, 1.807) is 33.3 Å². The first kappa shape index (κ1) is 47.9. The van der Waals surface area contributed by atoms with Gasteiger partial charge < -0.3 is 20.1 Å². The molecule has 0 unspecified atom stereocenters. The van der Waals surface area contributed by atoms with Crippen LogP contribution in [0.15, 0.2) is 85.5 Å². The Morgan fingerprint density at radius 2 is 0.971 bits per heavy atom. The SMILES string of the molecule is CN1C(=O)[C@@H](NC(=O)c2ncn(Cc3ccccc3)n2)CCn2nc(CCN3CCOCC3)cc21.CN1C(=O)[C@H](NC(=O)c2ncn(Cc3ccccc3)n2)CCn2nc(CCN3CCOCC3)cc21. The zero-order valence-corrected chi connectivity index (χ0v) is 39.7. The van der Waals surface area contributed by atoms with Crippen molar-refractivity contribution < 1.29 is 28.7 Å². The first-order valence-electron chi connectivity index (χ1n) is 23.9. The van der Waals surface area contributed by atoms with Crippen molar-refractivity contribution in [3.8, 4) is 0 Å². The Bertz CT molecular complexity index is 2520. The predicted octanol–water partition coefficient (Wildman–Crippen LogP) is 1.13. The molecule has 4 amide bonds. The van der Waals surface area contributed by atoms with Crippen molar-refractivity contribution >= 4 is 35.3 Å². The molecule has 22 heteroatoms. The highest BCUT2D eigenvalue weighted by Crippen LogP contribution is 2.24. The van der Waals surface area contributed by atoms with E-state index in [1.165, 1.54) is 12.7 Å². The van der Waals surface area contributed by atoms with Crippen molar-refractivity contribution in [3.63, 3.8) is 0 Å². The zero-order valence-electron chi connectivity index (χ0n) is 39.7. The van der Waals surface area contributed by atoms with E-state index in [2.05, 4.69) is 40.6 Å². The van der Waals surface area contributed by atoms with Gasteiger partial charge in [0, 0.05) is 91.4 Å². The predicted molar refractivity (Wildman–Crippen MR) is 256 cm³/mol. The summed E-state index contributed by atoms with van der Waals surface area (Å²) in [7, 11) is 3.44. The smallest absolute Gasteiger partial charge is 0.291 e. The van der Waals surface area contributed by atoms with E-state index in [4.69, 9.17) is 19.7 Å². The number of morpholine rings is 2. The summed E-state index contributed by atoms with van der Waals surface area (Å²) >= 11 is 0. The summed E-state index contributed by atoms with van der Waals surface area (Å²) in [5, 5.41) is 23.6. The molecule has 0 saturated carbocycles. The van der Waals surface area contributed by atoms with Crippen molar-refractivity contribution in [1.29, 1.82) is 0 Å². The molecule has 0 radical (unpaired) electrons. The van der Waals surface area contributed by atoms with Gasteiger partial charge in [0.25, 0.3) is 23.6 Å². The summed E-state index contributed by atoms with van der Waals surface area (Å²) in [4.78, 5) is 68.0. The fraction of sp³-hybridized carbons (Fsp3) is 0.458. The monoisotopic (exact) mass is 956 g/mol. The molecule has 2 atom stereocenters. The Hall–Kier alpha value is -7.14. The molecular formula is C48H60N16O6. The molecule has 70 heavy (non-hydrogen) atoms. The van der Waals surface area contributed by atoms with Crippen molar-refractivity contribution in [3.05, 3.63) is 120 Å². The van der Waals surface area contributed by atoms with Crippen LogP contribution in [0.25, 0.3) is 0 Å².